The predicted molar refractivity (Wildman–Crippen MR) is 105 cm³/mol. The average molecular weight is 359 g/mol. The van der Waals surface area contributed by atoms with E-state index in [1.165, 1.54) is 11.1 Å². The number of benzene rings is 2. The maximum Gasteiger partial charge on any atom is 0.255 e. The minimum atomic E-state index is -0.233. The normalized spacial score (nSPS) is 21.3. The van der Waals surface area contributed by atoms with Gasteiger partial charge in [-0.2, -0.15) is 0 Å². The molecule has 1 spiro atoms. The lowest BCUT2D eigenvalue weighted by atomic mass is 9.70. The standard InChI is InChI=1S/C22H21N3O2/c26-20(25-18-3-4-19-15(12-18)6-9-23-19)16-1-2-17-13-22(7-5-14(17)11-16)8-10-24-21(22)27/h1-4,6,9,11-12,23H,5,7-8,10,13H2,(H,24,27)(H,25,26). The van der Waals surface area contributed by atoms with Crippen LogP contribution >= 0.6 is 0 Å². The number of aromatic nitrogens is 1. The lowest BCUT2D eigenvalue weighted by molar-refractivity contribution is -0.128. The molecule has 0 radical (unpaired) electrons. The second-order valence-electron chi connectivity index (χ2n) is 7.68. The van der Waals surface area contributed by atoms with Gasteiger partial charge >= 0.3 is 0 Å². The van der Waals surface area contributed by atoms with Gasteiger partial charge in [0.25, 0.3) is 5.91 Å². The molecule has 0 bridgehead atoms. The van der Waals surface area contributed by atoms with Crippen molar-refractivity contribution in [2.24, 2.45) is 5.41 Å². The highest BCUT2D eigenvalue weighted by Gasteiger charge is 2.44. The molecule has 1 aliphatic carbocycles. The summed E-state index contributed by atoms with van der Waals surface area (Å²) in [6.07, 6.45) is 5.28. The molecule has 1 unspecified atom stereocenters. The molecule has 0 saturated carbocycles. The quantitative estimate of drug-likeness (QED) is 0.656. The Morgan fingerprint density at radius 1 is 1.04 bits per heavy atom. The van der Waals surface area contributed by atoms with Crippen LogP contribution in [0.15, 0.2) is 48.7 Å². The molecular formula is C22H21N3O2. The van der Waals surface area contributed by atoms with Crippen LogP contribution in [0.1, 0.15) is 34.3 Å². The van der Waals surface area contributed by atoms with Crippen LogP contribution in [-0.2, 0) is 17.6 Å². The van der Waals surface area contributed by atoms with Crippen LogP contribution in [0.5, 0.6) is 0 Å². The molecular weight excluding hydrogens is 338 g/mol. The number of carbonyl (C=O) groups is 2. The zero-order chi connectivity index (χ0) is 18.4. The van der Waals surface area contributed by atoms with E-state index in [0.29, 0.717) is 5.56 Å². The topological polar surface area (TPSA) is 74.0 Å². The van der Waals surface area contributed by atoms with Crippen molar-refractivity contribution in [2.45, 2.75) is 25.7 Å². The van der Waals surface area contributed by atoms with Crippen LogP contribution in [0.4, 0.5) is 5.69 Å². The van der Waals surface area contributed by atoms with E-state index in [1.807, 2.05) is 48.7 Å². The first kappa shape index (κ1) is 16.1. The Morgan fingerprint density at radius 2 is 1.96 bits per heavy atom. The maximum absolute atomic E-state index is 12.7. The van der Waals surface area contributed by atoms with Crippen LogP contribution in [0.25, 0.3) is 10.9 Å². The van der Waals surface area contributed by atoms with Crippen molar-refractivity contribution in [3.63, 3.8) is 0 Å². The van der Waals surface area contributed by atoms with Gasteiger partial charge in [0, 0.05) is 34.9 Å². The Balaban J connectivity index is 1.37. The highest BCUT2D eigenvalue weighted by atomic mass is 16.2. The van der Waals surface area contributed by atoms with Crippen molar-refractivity contribution in [1.29, 1.82) is 0 Å². The Kier molecular flexibility index (Phi) is 3.57. The van der Waals surface area contributed by atoms with Crippen molar-refractivity contribution < 1.29 is 9.59 Å². The molecule has 2 aromatic carbocycles. The largest absolute Gasteiger partial charge is 0.361 e. The maximum atomic E-state index is 12.7. The summed E-state index contributed by atoms with van der Waals surface area (Å²) in [6.45, 7) is 0.778. The average Bonchev–Trinajstić information content (AvgIpc) is 3.28. The van der Waals surface area contributed by atoms with Gasteiger partial charge in [-0.05, 0) is 73.2 Å². The predicted octanol–water partition coefficient (Wildman–Crippen LogP) is 3.42. The van der Waals surface area contributed by atoms with Gasteiger partial charge in [0.15, 0.2) is 0 Å². The number of hydrogen-bond donors (Lipinski definition) is 3. The van der Waals surface area contributed by atoms with Crippen molar-refractivity contribution in [2.75, 3.05) is 11.9 Å². The summed E-state index contributed by atoms with van der Waals surface area (Å²) in [5.74, 6) is 0.0849. The number of fused-ring (bicyclic) bond motifs is 2. The van der Waals surface area contributed by atoms with Gasteiger partial charge in [-0.3, -0.25) is 9.59 Å². The number of H-pyrrole nitrogens is 1. The zero-order valence-corrected chi connectivity index (χ0v) is 15.0. The van der Waals surface area contributed by atoms with E-state index in [4.69, 9.17) is 0 Å². The van der Waals surface area contributed by atoms with Crippen molar-refractivity contribution in [1.82, 2.24) is 10.3 Å². The van der Waals surface area contributed by atoms with Crippen molar-refractivity contribution in [3.05, 3.63) is 65.4 Å². The third-order valence-electron chi connectivity index (χ3n) is 6.05. The molecule has 5 heteroatoms. The Bertz CT molecular complexity index is 1070. The summed E-state index contributed by atoms with van der Waals surface area (Å²) in [5, 5.41) is 7.03. The number of aryl methyl sites for hydroxylation is 1. The number of carbonyl (C=O) groups excluding carboxylic acids is 2. The molecule has 1 aliphatic heterocycles. The van der Waals surface area contributed by atoms with E-state index < -0.39 is 0 Å². The number of rotatable bonds is 2. The third-order valence-corrected chi connectivity index (χ3v) is 6.05. The van der Waals surface area contributed by atoms with E-state index in [9.17, 15) is 9.59 Å². The van der Waals surface area contributed by atoms with E-state index in [-0.39, 0.29) is 17.2 Å². The number of aromatic amines is 1. The van der Waals surface area contributed by atoms with Crippen molar-refractivity contribution >= 4 is 28.4 Å². The second-order valence-corrected chi connectivity index (χ2v) is 7.68. The smallest absolute Gasteiger partial charge is 0.255 e. The number of amides is 2. The van der Waals surface area contributed by atoms with Crippen LogP contribution in [0, 0.1) is 5.41 Å². The van der Waals surface area contributed by atoms with E-state index in [0.717, 1.165) is 48.8 Å². The highest BCUT2D eigenvalue weighted by molar-refractivity contribution is 6.05. The second kappa shape index (κ2) is 5.98. The first-order chi connectivity index (χ1) is 13.1. The summed E-state index contributed by atoms with van der Waals surface area (Å²) < 4.78 is 0. The summed E-state index contributed by atoms with van der Waals surface area (Å²) in [4.78, 5) is 28.1. The Hall–Kier alpha value is -3.08. The lowest BCUT2D eigenvalue weighted by Gasteiger charge is -2.32. The first-order valence-electron chi connectivity index (χ1n) is 9.42. The SMILES string of the molecule is O=C(Nc1ccc2[nH]ccc2c1)c1ccc2c(c1)CCC1(CCNC1=O)C2. The number of hydrogen-bond acceptors (Lipinski definition) is 2. The minimum absolute atomic E-state index is 0.105. The molecule has 5 nitrogen and oxygen atoms in total. The monoisotopic (exact) mass is 359 g/mol. The molecule has 1 atom stereocenters. The molecule has 1 saturated heterocycles. The van der Waals surface area contributed by atoms with Crippen LogP contribution in [0.3, 0.4) is 0 Å². The fraction of sp³-hybridized carbons (Fsp3) is 0.273. The van der Waals surface area contributed by atoms with Gasteiger partial charge in [0.1, 0.15) is 0 Å². The molecule has 2 amide bonds. The first-order valence-corrected chi connectivity index (χ1v) is 9.42. The zero-order valence-electron chi connectivity index (χ0n) is 15.0. The Labute approximate surface area is 157 Å². The van der Waals surface area contributed by atoms with Gasteiger partial charge in [0.05, 0.1) is 5.41 Å². The van der Waals surface area contributed by atoms with Gasteiger partial charge < -0.3 is 15.6 Å². The van der Waals surface area contributed by atoms with Gasteiger partial charge in [-0.1, -0.05) is 6.07 Å². The molecule has 1 fully saturated rings. The third kappa shape index (κ3) is 2.70. The number of nitrogens with one attached hydrogen (secondary N) is 3. The molecule has 136 valence electrons. The van der Waals surface area contributed by atoms with Gasteiger partial charge in [0.2, 0.25) is 5.91 Å². The van der Waals surface area contributed by atoms with Gasteiger partial charge in [-0.15, -0.1) is 0 Å². The summed E-state index contributed by atoms with van der Waals surface area (Å²) in [5.41, 5.74) is 4.65. The van der Waals surface area contributed by atoms with Crippen LogP contribution in [-0.4, -0.2) is 23.3 Å². The summed E-state index contributed by atoms with van der Waals surface area (Å²) in [6, 6.07) is 13.7. The molecule has 2 aliphatic rings. The number of anilines is 1. The van der Waals surface area contributed by atoms with Crippen LogP contribution in [0.2, 0.25) is 0 Å². The molecule has 3 N–H and O–H groups in total. The summed E-state index contributed by atoms with van der Waals surface area (Å²) in [7, 11) is 0. The molecule has 27 heavy (non-hydrogen) atoms. The Morgan fingerprint density at radius 3 is 2.81 bits per heavy atom. The molecule has 3 aromatic rings. The fourth-order valence-electron chi connectivity index (χ4n) is 4.46. The van der Waals surface area contributed by atoms with Crippen molar-refractivity contribution in [3.8, 4) is 0 Å². The highest BCUT2D eigenvalue weighted by Crippen LogP contribution is 2.41. The van der Waals surface area contributed by atoms with E-state index in [2.05, 4.69) is 15.6 Å². The van der Waals surface area contributed by atoms with Gasteiger partial charge in [-0.25, -0.2) is 0 Å². The van der Waals surface area contributed by atoms with E-state index >= 15 is 0 Å². The fourth-order valence-corrected chi connectivity index (χ4v) is 4.46. The van der Waals surface area contributed by atoms with E-state index in [1.54, 1.807) is 0 Å². The molecule has 2 heterocycles. The van der Waals surface area contributed by atoms with Crippen LogP contribution < -0.4 is 10.6 Å². The summed E-state index contributed by atoms with van der Waals surface area (Å²) >= 11 is 0. The molecule has 1 aromatic heterocycles. The minimum Gasteiger partial charge on any atom is -0.361 e. The molecule has 5 rings (SSSR count). The lowest BCUT2D eigenvalue weighted by Crippen LogP contribution is -2.36.